The summed E-state index contributed by atoms with van der Waals surface area (Å²) in [6, 6.07) is 1.53. The Bertz CT molecular complexity index is 240. The molecule has 2 atom stereocenters. The number of hydrogen-bond donors (Lipinski definition) is 2. The Balaban J connectivity index is 2.43. The molecule has 0 spiro atoms. The number of nitrogens with one attached hydrogen (secondary N) is 1. The molecule has 0 amide bonds. The van der Waals surface area contributed by atoms with Gasteiger partial charge in [-0.15, -0.1) is 0 Å². The van der Waals surface area contributed by atoms with Crippen molar-refractivity contribution in [3.63, 3.8) is 0 Å². The first-order valence-corrected chi connectivity index (χ1v) is 10.0. The third kappa shape index (κ3) is 5.79. The summed E-state index contributed by atoms with van der Waals surface area (Å²) in [5, 5.41) is 3.57. The lowest BCUT2D eigenvalue weighted by Crippen LogP contribution is -2.51. The minimum Gasteiger partial charge on any atom is -0.374 e. The Labute approximate surface area is 124 Å². The van der Waals surface area contributed by atoms with Gasteiger partial charge in [-0.1, -0.05) is 12.8 Å². The van der Waals surface area contributed by atoms with Gasteiger partial charge < -0.3 is 24.3 Å². The molecule has 3 N–H and O–H groups in total. The molecular formula is C14H32N2O3Si. The summed E-state index contributed by atoms with van der Waals surface area (Å²) in [5.74, 6) is 0. The van der Waals surface area contributed by atoms with Crippen molar-refractivity contribution in [1.29, 1.82) is 0 Å². The van der Waals surface area contributed by atoms with E-state index in [1.165, 1.54) is 19.3 Å². The lowest BCUT2D eigenvalue weighted by molar-refractivity contribution is 0.0710. The molecule has 1 saturated carbocycles. The molecule has 0 heterocycles. The van der Waals surface area contributed by atoms with Crippen LogP contribution in [-0.4, -0.2) is 47.3 Å². The fourth-order valence-electron chi connectivity index (χ4n) is 2.82. The molecule has 0 saturated heterocycles. The topological polar surface area (TPSA) is 65.7 Å². The maximum atomic E-state index is 6.16. The Morgan fingerprint density at radius 2 is 1.55 bits per heavy atom. The lowest BCUT2D eigenvalue weighted by atomic mass is 9.91. The van der Waals surface area contributed by atoms with E-state index in [0.717, 1.165) is 19.0 Å². The molecule has 1 aliphatic carbocycles. The van der Waals surface area contributed by atoms with Crippen molar-refractivity contribution in [3.8, 4) is 0 Å². The van der Waals surface area contributed by atoms with Gasteiger partial charge in [0.25, 0.3) is 0 Å². The predicted octanol–water partition coefficient (Wildman–Crippen LogP) is 1.89. The minimum absolute atomic E-state index is 0.283. The Morgan fingerprint density at radius 3 is 2.05 bits per heavy atom. The molecule has 0 aliphatic heterocycles. The van der Waals surface area contributed by atoms with Gasteiger partial charge in [0.2, 0.25) is 0 Å². The predicted molar refractivity (Wildman–Crippen MR) is 83.7 cm³/mol. The summed E-state index contributed by atoms with van der Waals surface area (Å²) in [7, 11) is -2.51. The van der Waals surface area contributed by atoms with Crippen molar-refractivity contribution in [2.45, 2.75) is 64.6 Å². The van der Waals surface area contributed by atoms with E-state index in [-0.39, 0.29) is 6.04 Å². The molecule has 6 heteroatoms. The highest BCUT2D eigenvalue weighted by Gasteiger charge is 2.40. The van der Waals surface area contributed by atoms with Gasteiger partial charge >= 0.3 is 8.80 Å². The van der Waals surface area contributed by atoms with Crippen LogP contribution in [0.1, 0.15) is 46.5 Å². The largest absolute Gasteiger partial charge is 0.502 e. The summed E-state index contributed by atoms with van der Waals surface area (Å²) in [4.78, 5) is 0. The second-order valence-electron chi connectivity index (χ2n) is 5.24. The van der Waals surface area contributed by atoms with E-state index in [4.69, 9.17) is 19.0 Å². The first kappa shape index (κ1) is 18.1. The van der Waals surface area contributed by atoms with Crippen molar-refractivity contribution < 1.29 is 13.3 Å². The van der Waals surface area contributed by atoms with Crippen molar-refractivity contribution >= 4 is 8.80 Å². The third-order valence-corrected chi connectivity index (χ3v) is 6.80. The zero-order chi connectivity index (χ0) is 14.8. The fraction of sp³-hybridized carbons (Fsp3) is 1.00. The molecule has 0 aromatic rings. The van der Waals surface area contributed by atoms with E-state index in [9.17, 15) is 0 Å². The average Bonchev–Trinajstić information content (AvgIpc) is 2.42. The Kier molecular flexibility index (Phi) is 8.91. The van der Waals surface area contributed by atoms with E-state index in [1.54, 1.807) is 0 Å². The minimum atomic E-state index is -2.51. The van der Waals surface area contributed by atoms with Gasteiger partial charge in [-0.05, 0) is 40.2 Å². The molecule has 5 nitrogen and oxygen atoms in total. The quantitative estimate of drug-likeness (QED) is 0.603. The second kappa shape index (κ2) is 9.86. The maximum absolute atomic E-state index is 6.16. The van der Waals surface area contributed by atoms with Gasteiger partial charge in [-0.25, -0.2) is 0 Å². The van der Waals surface area contributed by atoms with E-state index in [2.05, 4.69) is 5.32 Å². The molecule has 0 bridgehead atoms. The van der Waals surface area contributed by atoms with Gasteiger partial charge in [0.15, 0.2) is 0 Å². The second-order valence-corrected chi connectivity index (χ2v) is 7.97. The van der Waals surface area contributed by atoms with E-state index in [1.807, 2.05) is 20.8 Å². The summed E-state index contributed by atoms with van der Waals surface area (Å²) >= 11 is 0. The number of rotatable bonds is 10. The van der Waals surface area contributed by atoms with Crippen molar-refractivity contribution in [2.24, 2.45) is 5.73 Å². The monoisotopic (exact) mass is 304 g/mol. The SMILES string of the molecule is CCO[Si](CCN[C@@H]1CCCC[C@H]1N)(OCC)OCC. The third-order valence-electron chi connectivity index (χ3n) is 3.75. The van der Waals surface area contributed by atoms with Gasteiger partial charge in [-0.3, -0.25) is 0 Å². The van der Waals surface area contributed by atoms with Gasteiger partial charge in [-0.2, -0.15) is 0 Å². The standard InChI is InChI=1S/C14H32N2O3Si/c1-4-17-20(18-5-2,19-6-3)12-11-16-14-10-8-7-9-13(14)15/h13-14,16H,4-12,15H2,1-3H3/t13-,14-/m1/s1. The van der Waals surface area contributed by atoms with Crippen LogP contribution in [0.2, 0.25) is 6.04 Å². The summed E-state index contributed by atoms with van der Waals surface area (Å²) < 4.78 is 17.5. The first-order chi connectivity index (χ1) is 9.67. The molecule has 0 aromatic heterocycles. The van der Waals surface area contributed by atoms with Crippen LogP contribution < -0.4 is 11.1 Å². The van der Waals surface area contributed by atoms with E-state index >= 15 is 0 Å². The highest BCUT2D eigenvalue weighted by Crippen LogP contribution is 2.19. The van der Waals surface area contributed by atoms with Crippen LogP contribution in [0.25, 0.3) is 0 Å². The number of hydrogen-bond acceptors (Lipinski definition) is 5. The summed E-state index contributed by atoms with van der Waals surface area (Å²) in [5.41, 5.74) is 6.16. The van der Waals surface area contributed by atoms with Crippen LogP contribution in [0.5, 0.6) is 0 Å². The summed E-state index contributed by atoms with van der Waals surface area (Å²) in [6.45, 7) is 8.73. The van der Waals surface area contributed by atoms with Crippen molar-refractivity contribution in [3.05, 3.63) is 0 Å². The molecular weight excluding hydrogens is 272 g/mol. The van der Waals surface area contributed by atoms with Crippen LogP contribution in [0.15, 0.2) is 0 Å². The van der Waals surface area contributed by atoms with Crippen LogP contribution in [0, 0.1) is 0 Å². The zero-order valence-corrected chi connectivity index (χ0v) is 14.3. The molecule has 20 heavy (non-hydrogen) atoms. The smallest absolute Gasteiger partial charge is 0.374 e. The fourth-order valence-corrected chi connectivity index (χ4v) is 5.28. The highest BCUT2D eigenvalue weighted by atomic mass is 28.4. The lowest BCUT2D eigenvalue weighted by Gasteiger charge is -2.32. The number of nitrogens with two attached hydrogens (primary N) is 1. The molecule has 0 unspecified atom stereocenters. The van der Waals surface area contributed by atoms with Crippen LogP contribution in [0.4, 0.5) is 0 Å². The Morgan fingerprint density at radius 1 is 1.00 bits per heavy atom. The molecule has 120 valence electrons. The van der Waals surface area contributed by atoms with Gasteiger partial charge in [0.05, 0.1) is 0 Å². The molecule has 1 rings (SSSR count). The van der Waals surface area contributed by atoms with Crippen molar-refractivity contribution in [2.75, 3.05) is 26.4 Å². The van der Waals surface area contributed by atoms with Crippen LogP contribution >= 0.6 is 0 Å². The molecule has 1 aliphatic rings. The van der Waals surface area contributed by atoms with Crippen molar-refractivity contribution in [1.82, 2.24) is 5.32 Å². The molecule has 0 aromatic carbocycles. The van der Waals surface area contributed by atoms with Gasteiger partial charge in [0, 0.05) is 37.9 Å². The maximum Gasteiger partial charge on any atom is 0.502 e. The van der Waals surface area contributed by atoms with E-state index < -0.39 is 8.80 Å². The Hall–Kier alpha value is 0.0169. The highest BCUT2D eigenvalue weighted by molar-refractivity contribution is 6.60. The van der Waals surface area contributed by atoms with Crippen LogP contribution in [0.3, 0.4) is 0 Å². The summed E-state index contributed by atoms with van der Waals surface area (Å²) in [6.07, 6.45) is 4.83. The van der Waals surface area contributed by atoms with E-state index in [0.29, 0.717) is 25.9 Å². The molecule has 0 radical (unpaired) electrons. The van der Waals surface area contributed by atoms with Gasteiger partial charge in [0.1, 0.15) is 0 Å². The zero-order valence-electron chi connectivity index (χ0n) is 13.3. The van der Waals surface area contributed by atoms with Crippen LogP contribution in [-0.2, 0) is 13.3 Å². The molecule has 1 fully saturated rings. The first-order valence-electron chi connectivity index (χ1n) is 8.08. The normalized spacial score (nSPS) is 24.0. The average molecular weight is 305 g/mol.